The molecule has 1 saturated heterocycles. The Morgan fingerprint density at radius 1 is 1.24 bits per heavy atom. The molecule has 2 aliphatic rings. The average molecular weight is 288 g/mol. The van der Waals surface area contributed by atoms with Gasteiger partial charge >= 0.3 is 0 Å². The van der Waals surface area contributed by atoms with E-state index in [1.165, 1.54) is 12.8 Å². The molecule has 4 nitrogen and oxygen atoms in total. The van der Waals surface area contributed by atoms with Crippen molar-refractivity contribution in [2.24, 2.45) is 0 Å². The molecular weight excluding hydrogens is 264 g/mol. The minimum absolute atomic E-state index is 0.0228. The van der Waals surface area contributed by atoms with Gasteiger partial charge in [0.25, 0.3) is 0 Å². The number of phenolic OH excluding ortho intramolecular Hbond substituents is 1. The normalized spacial score (nSPS) is 22.6. The highest BCUT2D eigenvalue weighted by molar-refractivity contribution is 5.82. The van der Waals surface area contributed by atoms with Crippen LogP contribution in [0.1, 0.15) is 44.1 Å². The molecule has 1 saturated carbocycles. The van der Waals surface area contributed by atoms with E-state index in [-0.39, 0.29) is 17.7 Å². The Morgan fingerprint density at radius 2 is 2.10 bits per heavy atom. The van der Waals surface area contributed by atoms with Crippen molar-refractivity contribution in [1.82, 2.24) is 10.2 Å². The van der Waals surface area contributed by atoms with Gasteiger partial charge in [-0.1, -0.05) is 25.0 Å². The van der Waals surface area contributed by atoms with E-state index in [1.807, 2.05) is 17.0 Å². The van der Waals surface area contributed by atoms with Crippen molar-refractivity contribution >= 4 is 5.91 Å². The average Bonchev–Trinajstić information content (AvgIpc) is 3.30. The zero-order valence-corrected chi connectivity index (χ0v) is 12.4. The van der Waals surface area contributed by atoms with Crippen LogP contribution in [0.3, 0.4) is 0 Å². The Morgan fingerprint density at radius 3 is 2.86 bits per heavy atom. The SMILES string of the molecule is O=C(C1CCCCCN1)N(Cc1cccc(O)c1)C1CC1. The maximum Gasteiger partial charge on any atom is 0.240 e. The number of nitrogens with one attached hydrogen (secondary N) is 1. The standard InChI is InChI=1S/C17H24N2O2/c20-15-6-4-5-13(11-15)12-19(14-8-9-14)17(21)16-7-2-1-3-10-18-16/h4-6,11,14,16,18,20H,1-3,7-10,12H2. The maximum atomic E-state index is 12.8. The molecule has 1 atom stereocenters. The Bertz CT molecular complexity index is 491. The molecule has 2 N–H and O–H groups in total. The number of carbonyl (C=O) groups excluding carboxylic acids is 1. The van der Waals surface area contributed by atoms with Crippen LogP contribution in [0, 0.1) is 0 Å². The second-order valence-electron chi connectivity index (χ2n) is 6.22. The number of rotatable bonds is 4. The van der Waals surface area contributed by atoms with Gasteiger partial charge in [-0.15, -0.1) is 0 Å². The Kier molecular flexibility index (Phi) is 4.44. The summed E-state index contributed by atoms with van der Waals surface area (Å²) < 4.78 is 0. The fourth-order valence-corrected chi connectivity index (χ4v) is 3.06. The highest BCUT2D eigenvalue weighted by Gasteiger charge is 2.35. The second kappa shape index (κ2) is 6.48. The van der Waals surface area contributed by atoms with Gasteiger partial charge in [0, 0.05) is 12.6 Å². The van der Waals surface area contributed by atoms with Crippen LogP contribution in [0.25, 0.3) is 0 Å². The number of benzene rings is 1. The van der Waals surface area contributed by atoms with Crippen LogP contribution in [0.15, 0.2) is 24.3 Å². The van der Waals surface area contributed by atoms with Gasteiger partial charge in [0.1, 0.15) is 5.75 Å². The predicted octanol–water partition coefficient (Wildman–Crippen LogP) is 2.42. The van der Waals surface area contributed by atoms with Crippen LogP contribution >= 0.6 is 0 Å². The van der Waals surface area contributed by atoms with Crippen LogP contribution in [-0.2, 0) is 11.3 Å². The molecule has 1 heterocycles. The first-order valence-electron chi connectivity index (χ1n) is 8.06. The molecule has 1 aliphatic heterocycles. The monoisotopic (exact) mass is 288 g/mol. The van der Waals surface area contributed by atoms with E-state index in [9.17, 15) is 9.90 Å². The molecule has 1 aromatic carbocycles. The van der Waals surface area contributed by atoms with Crippen LogP contribution in [0.2, 0.25) is 0 Å². The molecule has 0 aromatic heterocycles. The lowest BCUT2D eigenvalue weighted by atomic mass is 10.1. The molecule has 1 aromatic rings. The maximum absolute atomic E-state index is 12.8. The molecule has 0 radical (unpaired) electrons. The number of nitrogens with zero attached hydrogens (tertiary/aromatic N) is 1. The highest BCUT2D eigenvalue weighted by atomic mass is 16.3. The summed E-state index contributed by atoms with van der Waals surface area (Å²) in [6.07, 6.45) is 6.68. The lowest BCUT2D eigenvalue weighted by molar-refractivity contribution is -0.134. The summed E-state index contributed by atoms with van der Waals surface area (Å²) in [5.41, 5.74) is 1.00. The number of amides is 1. The minimum atomic E-state index is -0.0228. The van der Waals surface area contributed by atoms with Gasteiger partial charge in [-0.25, -0.2) is 0 Å². The van der Waals surface area contributed by atoms with Crippen LogP contribution in [0.5, 0.6) is 5.75 Å². The topological polar surface area (TPSA) is 52.6 Å². The van der Waals surface area contributed by atoms with Gasteiger partial charge in [-0.05, 0) is 49.9 Å². The molecular formula is C17H24N2O2. The van der Waals surface area contributed by atoms with E-state index in [4.69, 9.17) is 0 Å². The quantitative estimate of drug-likeness (QED) is 0.894. The lowest BCUT2D eigenvalue weighted by Gasteiger charge is -2.27. The van der Waals surface area contributed by atoms with Gasteiger partial charge in [-0.3, -0.25) is 4.79 Å². The lowest BCUT2D eigenvalue weighted by Crippen LogP contribution is -2.46. The molecule has 114 valence electrons. The molecule has 1 aliphatic carbocycles. The third-order valence-corrected chi connectivity index (χ3v) is 4.39. The van der Waals surface area contributed by atoms with Gasteiger partial charge in [0.05, 0.1) is 6.04 Å². The Balaban J connectivity index is 1.70. The predicted molar refractivity (Wildman–Crippen MR) is 81.9 cm³/mol. The third kappa shape index (κ3) is 3.76. The van der Waals surface area contributed by atoms with E-state index >= 15 is 0 Å². The van der Waals surface area contributed by atoms with Gasteiger partial charge < -0.3 is 15.3 Å². The van der Waals surface area contributed by atoms with Gasteiger partial charge in [0.2, 0.25) is 5.91 Å². The first-order chi connectivity index (χ1) is 10.2. The van der Waals surface area contributed by atoms with Crippen LogP contribution in [-0.4, -0.2) is 34.5 Å². The first kappa shape index (κ1) is 14.4. The first-order valence-corrected chi connectivity index (χ1v) is 8.06. The van der Waals surface area contributed by atoms with Gasteiger partial charge in [0.15, 0.2) is 0 Å². The van der Waals surface area contributed by atoms with Crippen molar-refractivity contribution in [3.8, 4) is 5.75 Å². The summed E-state index contributed by atoms with van der Waals surface area (Å²) in [6.45, 7) is 1.55. The molecule has 21 heavy (non-hydrogen) atoms. The minimum Gasteiger partial charge on any atom is -0.508 e. The fraction of sp³-hybridized carbons (Fsp3) is 0.588. The van der Waals surface area contributed by atoms with Crippen molar-refractivity contribution in [3.63, 3.8) is 0 Å². The van der Waals surface area contributed by atoms with Crippen molar-refractivity contribution in [2.75, 3.05) is 6.54 Å². The number of carbonyl (C=O) groups is 1. The van der Waals surface area contributed by atoms with Gasteiger partial charge in [-0.2, -0.15) is 0 Å². The van der Waals surface area contributed by atoms with E-state index in [0.29, 0.717) is 12.6 Å². The summed E-state index contributed by atoms with van der Waals surface area (Å²) in [6, 6.07) is 7.60. The molecule has 1 amide bonds. The summed E-state index contributed by atoms with van der Waals surface area (Å²) in [7, 11) is 0. The van der Waals surface area contributed by atoms with E-state index < -0.39 is 0 Å². The number of aromatic hydroxyl groups is 1. The van der Waals surface area contributed by atoms with E-state index in [1.54, 1.807) is 12.1 Å². The zero-order chi connectivity index (χ0) is 14.7. The molecule has 0 bridgehead atoms. The van der Waals surface area contributed by atoms with Crippen LogP contribution in [0.4, 0.5) is 0 Å². The summed E-state index contributed by atoms with van der Waals surface area (Å²) in [5, 5.41) is 13.0. The number of hydrogen-bond donors (Lipinski definition) is 2. The second-order valence-corrected chi connectivity index (χ2v) is 6.22. The van der Waals surface area contributed by atoms with E-state index in [0.717, 1.165) is 37.8 Å². The zero-order valence-electron chi connectivity index (χ0n) is 12.4. The van der Waals surface area contributed by atoms with E-state index in [2.05, 4.69) is 5.32 Å². The highest BCUT2D eigenvalue weighted by Crippen LogP contribution is 2.30. The Hall–Kier alpha value is -1.55. The third-order valence-electron chi connectivity index (χ3n) is 4.39. The van der Waals surface area contributed by atoms with Crippen molar-refractivity contribution < 1.29 is 9.90 Å². The molecule has 2 fully saturated rings. The smallest absolute Gasteiger partial charge is 0.240 e. The number of phenols is 1. The summed E-state index contributed by atoms with van der Waals surface area (Å²) in [4.78, 5) is 14.8. The van der Waals surface area contributed by atoms with Crippen LogP contribution < -0.4 is 5.32 Å². The molecule has 4 heteroatoms. The largest absolute Gasteiger partial charge is 0.508 e. The number of hydrogen-bond acceptors (Lipinski definition) is 3. The molecule has 0 spiro atoms. The van der Waals surface area contributed by atoms with Crippen molar-refractivity contribution in [1.29, 1.82) is 0 Å². The van der Waals surface area contributed by atoms with Crippen molar-refractivity contribution in [2.45, 2.75) is 57.2 Å². The molecule has 3 rings (SSSR count). The summed E-state index contributed by atoms with van der Waals surface area (Å²) >= 11 is 0. The summed E-state index contributed by atoms with van der Waals surface area (Å²) in [5.74, 6) is 0.506. The molecule has 1 unspecified atom stereocenters. The Labute approximate surface area is 126 Å². The van der Waals surface area contributed by atoms with Crippen molar-refractivity contribution in [3.05, 3.63) is 29.8 Å². The fourth-order valence-electron chi connectivity index (χ4n) is 3.06.